The fraction of sp³-hybridized carbons (Fsp3) is 0.111. The number of nitrogen functional groups attached to an aromatic ring is 1. The van der Waals surface area contributed by atoms with E-state index in [1.807, 2.05) is 0 Å². The molecule has 1 unspecified atom stereocenters. The van der Waals surface area contributed by atoms with Crippen LogP contribution in [-0.4, -0.2) is 29.5 Å². The number of fused-ring (bicyclic) bond motifs is 1. The van der Waals surface area contributed by atoms with Crippen molar-refractivity contribution in [3.8, 4) is 17.5 Å². The van der Waals surface area contributed by atoms with Crippen LogP contribution in [0.1, 0.15) is 35.6 Å². The minimum absolute atomic E-state index is 0.0599. The van der Waals surface area contributed by atoms with E-state index in [9.17, 15) is 13.6 Å². The molecule has 0 amide bonds. The summed E-state index contributed by atoms with van der Waals surface area (Å²) in [6.45, 7) is 3.41. The number of rotatable bonds is 4. The molecule has 1 atom stereocenters. The molecular formula is C27H20F2N8O. The van der Waals surface area contributed by atoms with Crippen LogP contribution in [0.15, 0.2) is 66.1 Å². The number of hydrogen-bond acceptors (Lipinski definition) is 8. The number of aryl methyl sites for hydroxylation is 1. The maximum absolute atomic E-state index is 14.7. The Labute approximate surface area is 215 Å². The largest absolute Gasteiger partial charge is 0.382 e. The molecular weight excluding hydrogens is 490 g/mol. The van der Waals surface area contributed by atoms with E-state index in [0.29, 0.717) is 11.3 Å². The zero-order valence-electron chi connectivity index (χ0n) is 20.3. The minimum atomic E-state index is -0.735. The van der Waals surface area contributed by atoms with Gasteiger partial charge in [0, 0.05) is 12.4 Å². The summed E-state index contributed by atoms with van der Waals surface area (Å²) in [5, 5.41) is 3.21. The van der Waals surface area contributed by atoms with Crippen LogP contribution in [0.4, 0.5) is 20.4 Å². The van der Waals surface area contributed by atoms with Gasteiger partial charge >= 0.3 is 0 Å². The minimum Gasteiger partial charge on any atom is -0.382 e. The van der Waals surface area contributed by atoms with Crippen molar-refractivity contribution in [2.24, 2.45) is 0 Å². The molecule has 3 aromatic heterocycles. The predicted molar refractivity (Wildman–Crippen MR) is 138 cm³/mol. The Bertz CT molecular complexity index is 1770. The van der Waals surface area contributed by atoms with Crippen LogP contribution < -0.4 is 16.6 Å². The van der Waals surface area contributed by atoms with E-state index in [-0.39, 0.29) is 39.6 Å². The number of hydrogen-bond donors (Lipinski definition) is 2. The van der Waals surface area contributed by atoms with E-state index in [4.69, 9.17) is 5.73 Å². The predicted octanol–water partition coefficient (Wildman–Crippen LogP) is 3.71. The third-order valence-electron chi connectivity index (χ3n) is 5.66. The molecule has 2 aromatic carbocycles. The van der Waals surface area contributed by atoms with Crippen LogP contribution in [-0.2, 0) is 0 Å². The van der Waals surface area contributed by atoms with Gasteiger partial charge in [0.05, 0.1) is 23.3 Å². The Morgan fingerprint density at radius 2 is 1.92 bits per heavy atom. The zero-order chi connectivity index (χ0) is 26.8. The van der Waals surface area contributed by atoms with Crippen LogP contribution in [0.25, 0.3) is 16.6 Å². The summed E-state index contributed by atoms with van der Waals surface area (Å²) < 4.78 is 30.3. The normalized spacial score (nSPS) is 11.6. The summed E-state index contributed by atoms with van der Waals surface area (Å²) in [4.78, 5) is 34.4. The van der Waals surface area contributed by atoms with Gasteiger partial charge in [-0.05, 0) is 55.7 Å². The maximum atomic E-state index is 14.7. The summed E-state index contributed by atoms with van der Waals surface area (Å²) in [6.07, 6.45) is 5.79. The second-order valence-corrected chi connectivity index (χ2v) is 8.42. The highest BCUT2D eigenvalue weighted by molar-refractivity contribution is 5.78. The molecule has 0 bridgehead atoms. The SMILES string of the molecule is Cc1cc(F)cc(-n2c(C(C)Nc3ncnc(N)c3C#Cc3cnccn3)nc3c(F)cccc3c2=O)c1. The molecule has 9 nitrogen and oxygen atoms in total. The molecule has 0 aliphatic carbocycles. The van der Waals surface area contributed by atoms with E-state index in [2.05, 4.69) is 42.1 Å². The molecule has 38 heavy (non-hydrogen) atoms. The van der Waals surface area contributed by atoms with Crippen molar-refractivity contribution in [2.75, 3.05) is 11.1 Å². The standard InChI is InChI=1S/C27H20F2N8O/c1-15-10-17(28)12-19(11-15)37-26(36-23-20(27(37)38)4-3-5-22(23)29)16(2)35-25-21(24(30)33-14-34-25)7-6-18-13-31-8-9-32-18/h3-5,8-14,16H,1-2H3,(H3,30,33,34,35). The average Bonchev–Trinajstić information content (AvgIpc) is 2.88. The molecule has 3 heterocycles. The highest BCUT2D eigenvalue weighted by Gasteiger charge is 2.21. The summed E-state index contributed by atoms with van der Waals surface area (Å²) in [5.74, 6) is 5.08. The highest BCUT2D eigenvalue weighted by Crippen LogP contribution is 2.25. The van der Waals surface area contributed by atoms with Crippen molar-refractivity contribution >= 4 is 22.5 Å². The van der Waals surface area contributed by atoms with Crippen LogP contribution in [0.5, 0.6) is 0 Å². The van der Waals surface area contributed by atoms with E-state index in [1.54, 1.807) is 19.9 Å². The Morgan fingerprint density at radius 3 is 2.68 bits per heavy atom. The summed E-state index contributed by atoms with van der Waals surface area (Å²) >= 11 is 0. The molecule has 0 fully saturated rings. The number of nitrogens with zero attached hydrogens (tertiary/aromatic N) is 6. The van der Waals surface area contributed by atoms with Crippen molar-refractivity contribution in [1.29, 1.82) is 0 Å². The van der Waals surface area contributed by atoms with Crippen LogP contribution in [0.2, 0.25) is 0 Å². The molecule has 0 aliphatic heterocycles. The van der Waals surface area contributed by atoms with Gasteiger partial charge in [-0.15, -0.1) is 0 Å². The number of nitrogens with two attached hydrogens (primary N) is 1. The third kappa shape index (κ3) is 4.75. The van der Waals surface area contributed by atoms with Gasteiger partial charge in [0.25, 0.3) is 5.56 Å². The van der Waals surface area contributed by atoms with Gasteiger partial charge in [-0.1, -0.05) is 12.0 Å². The number of para-hydroxylation sites is 1. The molecule has 0 radical (unpaired) electrons. The first-order valence-corrected chi connectivity index (χ1v) is 11.5. The fourth-order valence-corrected chi connectivity index (χ4v) is 3.97. The first-order chi connectivity index (χ1) is 18.3. The average molecular weight is 511 g/mol. The molecule has 3 N–H and O–H groups in total. The summed E-state index contributed by atoms with van der Waals surface area (Å²) in [6, 6.07) is 7.60. The quantitative estimate of drug-likeness (QED) is 0.351. The molecule has 5 rings (SSSR count). The molecule has 188 valence electrons. The zero-order valence-corrected chi connectivity index (χ0v) is 20.3. The third-order valence-corrected chi connectivity index (χ3v) is 5.66. The van der Waals surface area contributed by atoms with Crippen molar-refractivity contribution < 1.29 is 8.78 Å². The van der Waals surface area contributed by atoms with Crippen molar-refractivity contribution in [2.45, 2.75) is 19.9 Å². The van der Waals surface area contributed by atoms with Crippen LogP contribution >= 0.6 is 0 Å². The first kappa shape index (κ1) is 24.5. The van der Waals surface area contributed by atoms with Crippen LogP contribution in [0.3, 0.4) is 0 Å². The highest BCUT2D eigenvalue weighted by atomic mass is 19.1. The number of aromatic nitrogens is 6. The topological polar surface area (TPSA) is 124 Å². The van der Waals surface area contributed by atoms with E-state index in [1.165, 1.54) is 59.8 Å². The smallest absolute Gasteiger partial charge is 0.266 e. The molecule has 5 aromatic rings. The number of benzene rings is 2. The Kier molecular flexibility index (Phi) is 6.45. The first-order valence-electron chi connectivity index (χ1n) is 11.5. The van der Waals surface area contributed by atoms with E-state index < -0.39 is 23.2 Å². The lowest BCUT2D eigenvalue weighted by Crippen LogP contribution is -2.28. The summed E-state index contributed by atoms with van der Waals surface area (Å²) in [5.41, 5.74) is 6.98. The van der Waals surface area contributed by atoms with Gasteiger partial charge in [-0.3, -0.25) is 14.3 Å². The monoisotopic (exact) mass is 510 g/mol. The van der Waals surface area contributed by atoms with Crippen molar-refractivity contribution in [1.82, 2.24) is 29.5 Å². The second-order valence-electron chi connectivity index (χ2n) is 8.42. The van der Waals surface area contributed by atoms with Gasteiger partial charge in [0.15, 0.2) is 0 Å². The number of halogens is 2. The second kappa shape index (κ2) is 10.0. The van der Waals surface area contributed by atoms with Crippen LogP contribution in [0, 0.1) is 30.4 Å². The van der Waals surface area contributed by atoms with E-state index >= 15 is 0 Å². The van der Waals surface area contributed by atoms with Gasteiger partial charge in [-0.2, -0.15) is 0 Å². The molecule has 0 saturated heterocycles. The molecule has 0 aliphatic rings. The Hall–Kier alpha value is -5.24. The van der Waals surface area contributed by atoms with Gasteiger partial charge in [0.1, 0.15) is 52.2 Å². The van der Waals surface area contributed by atoms with Crippen molar-refractivity contribution in [3.63, 3.8) is 0 Å². The number of anilines is 2. The van der Waals surface area contributed by atoms with Gasteiger partial charge in [-0.25, -0.2) is 28.7 Å². The fourth-order valence-electron chi connectivity index (χ4n) is 3.97. The lowest BCUT2D eigenvalue weighted by atomic mass is 10.1. The maximum Gasteiger partial charge on any atom is 0.266 e. The lowest BCUT2D eigenvalue weighted by Gasteiger charge is -2.21. The molecule has 11 heteroatoms. The van der Waals surface area contributed by atoms with Crippen molar-refractivity contribution in [3.05, 3.63) is 106 Å². The Morgan fingerprint density at radius 1 is 1.08 bits per heavy atom. The van der Waals surface area contributed by atoms with Gasteiger partial charge < -0.3 is 11.1 Å². The van der Waals surface area contributed by atoms with E-state index in [0.717, 1.165) is 0 Å². The molecule has 0 spiro atoms. The lowest BCUT2D eigenvalue weighted by molar-refractivity contribution is 0.621. The number of nitrogens with one attached hydrogen (secondary N) is 1. The summed E-state index contributed by atoms with van der Waals surface area (Å²) in [7, 11) is 0. The Balaban J connectivity index is 1.65. The van der Waals surface area contributed by atoms with Gasteiger partial charge in [0.2, 0.25) is 0 Å². The molecule has 0 saturated carbocycles.